The monoisotopic (exact) mass is 393 g/mol. The van der Waals surface area contributed by atoms with Gasteiger partial charge in [-0.1, -0.05) is 42.0 Å². The number of ether oxygens (including phenoxy) is 1. The number of carbonyl (C=O) groups is 1. The van der Waals surface area contributed by atoms with Crippen LogP contribution in [0, 0.1) is 11.6 Å². The van der Waals surface area contributed by atoms with E-state index in [0.717, 1.165) is 17.7 Å². The molecule has 0 spiro atoms. The lowest BCUT2D eigenvalue weighted by Gasteiger charge is -2.26. The van der Waals surface area contributed by atoms with Gasteiger partial charge in [0, 0.05) is 18.1 Å². The van der Waals surface area contributed by atoms with Gasteiger partial charge in [-0.3, -0.25) is 0 Å². The molecule has 0 aromatic heterocycles. The van der Waals surface area contributed by atoms with E-state index in [-0.39, 0.29) is 13.1 Å². The maximum atomic E-state index is 13.5. The van der Waals surface area contributed by atoms with Crippen LogP contribution in [0.1, 0.15) is 31.9 Å². The fourth-order valence-corrected chi connectivity index (χ4v) is 2.40. The van der Waals surface area contributed by atoms with Gasteiger partial charge in [-0.15, -0.1) is 0 Å². The summed E-state index contributed by atoms with van der Waals surface area (Å²) < 4.78 is 32.0. The molecule has 0 aliphatic carbocycles. The molecule has 3 nitrogen and oxygen atoms in total. The highest BCUT2D eigenvalue weighted by Gasteiger charge is 2.22. The van der Waals surface area contributed by atoms with Crippen LogP contribution in [0.25, 0.3) is 6.08 Å². The summed E-state index contributed by atoms with van der Waals surface area (Å²) in [5.74, 6) is -1.88. The summed E-state index contributed by atoms with van der Waals surface area (Å²) in [4.78, 5) is 13.9. The van der Waals surface area contributed by atoms with E-state index in [1.807, 2.05) is 18.2 Å². The smallest absolute Gasteiger partial charge is 0.410 e. The second-order valence-corrected chi connectivity index (χ2v) is 7.50. The molecule has 1 amide bonds. The topological polar surface area (TPSA) is 29.5 Å². The maximum absolute atomic E-state index is 13.5. The van der Waals surface area contributed by atoms with E-state index in [4.69, 9.17) is 16.3 Å². The zero-order chi connectivity index (χ0) is 20.0. The standard InChI is InChI=1S/C21H22ClF2NO2/c1-21(2,3)27-20(26)25(14-16-8-11-18(23)19(24)13-16)12-4-5-15-6-9-17(22)10-7-15/h4-11,13H,12,14H2,1-3H3/b5-4+. The van der Waals surface area contributed by atoms with Gasteiger partial charge < -0.3 is 9.64 Å². The van der Waals surface area contributed by atoms with E-state index < -0.39 is 23.3 Å². The molecule has 0 atom stereocenters. The fraction of sp³-hybridized carbons (Fsp3) is 0.286. The van der Waals surface area contributed by atoms with E-state index in [1.54, 1.807) is 39.0 Å². The van der Waals surface area contributed by atoms with Gasteiger partial charge in [0.2, 0.25) is 0 Å². The van der Waals surface area contributed by atoms with Crippen LogP contribution in [-0.2, 0) is 11.3 Å². The molecule has 0 saturated heterocycles. The molecular weight excluding hydrogens is 372 g/mol. The lowest BCUT2D eigenvalue weighted by Crippen LogP contribution is -2.36. The van der Waals surface area contributed by atoms with Crippen molar-refractivity contribution in [2.45, 2.75) is 32.9 Å². The molecule has 0 unspecified atom stereocenters. The van der Waals surface area contributed by atoms with Gasteiger partial charge in [0.05, 0.1) is 0 Å². The van der Waals surface area contributed by atoms with Gasteiger partial charge >= 0.3 is 6.09 Å². The van der Waals surface area contributed by atoms with Crippen LogP contribution in [-0.4, -0.2) is 23.1 Å². The number of hydrogen-bond donors (Lipinski definition) is 0. The molecule has 0 bridgehead atoms. The molecule has 6 heteroatoms. The van der Waals surface area contributed by atoms with Crippen LogP contribution in [0.15, 0.2) is 48.5 Å². The first-order valence-electron chi connectivity index (χ1n) is 8.48. The Morgan fingerprint density at radius 2 is 1.78 bits per heavy atom. The third-order valence-electron chi connectivity index (χ3n) is 3.52. The molecule has 0 heterocycles. The van der Waals surface area contributed by atoms with Gasteiger partial charge in [0.25, 0.3) is 0 Å². The zero-order valence-electron chi connectivity index (χ0n) is 15.5. The molecular formula is C21H22ClF2NO2. The van der Waals surface area contributed by atoms with Crippen molar-refractivity contribution >= 4 is 23.8 Å². The number of nitrogens with zero attached hydrogens (tertiary/aromatic N) is 1. The predicted molar refractivity (Wildman–Crippen MR) is 103 cm³/mol. The second-order valence-electron chi connectivity index (χ2n) is 7.06. The van der Waals surface area contributed by atoms with Crippen molar-refractivity contribution in [1.82, 2.24) is 4.90 Å². The quantitative estimate of drug-likeness (QED) is 0.617. The Kier molecular flexibility index (Phi) is 6.97. The van der Waals surface area contributed by atoms with Crippen LogP contribution < -0.4 is 0 Å². The number of carbonyl (C=O) groups excluding carboxylic acids is 1. The van der Waals surface area contributed by atoms with Crippen LogP contribution in [0.3, 0.4) is 0 Å². The largest absolute Gasteiger partial charge is 0.444 e. The molecule has 2 aromatic carbocycles. The number of halogens is 3. The summed E-state index contributed by atoms with van der Waals surface area (Å²) in [6, 6.07) is 10.8. The first-order chi connectivity index (χ1) is 12.6. The normalized spacial score (nSPS) is 11.6. The Balaban J connectivity index is 2.14. The van der Waals surface area contributed by atoms with E-state index in [9.17, 15) is 13.6 Å². The molecule has 2 rings (SSSR count). The Hall–Kier alpha value is -2.40. The number of hydrogen-bond acceptors (Lipinski definition) is 2. The van der Waals surface area contributed by atoms with Crippen LogP contribution >= 0.6 is 11.6 Å². The molecule has 0 N–H and O–H groups in total. The van der Waals surface area contributed by atoms with Crippen molar-refractivity contribution in [3.8, 4) is 0 Å². The summed E-state index contributed by atoms with van der Waals surface area (Å²) in [5.41, 5.74) is 0.736. The van der Waals surface area contributed by atoms with Crippen molar-refractivity contribution in [1.29, 1.82) is 0 Å². The maximum Gasteiger partial charge on any atom is 0.410 e. The molecule has 0 fully saturated rings. The first kappa shape index (κ1) is 20.9. The summed E-state index contributed by atoms with van der Waals surface area (Å²) in [6.45, 7) is 5.65. The van der Waals surface area contributed by atoms with Gasteiger partial charge in [0.15, 0.2) is 11.6 Å². The highest BCUT2D eigenvalue weighted by Crippen LogP contribution is 2.16. The van der Waals surface area contributed by atoms with Crippen LogP contribution in [0.4, 0.5) is 13.6 Å². The summed E-state index contributed by atoms with van der Waals surface area (Å²) in [6.07, 6.45) is 3.11. The van der Waals surface area contributed by atoms with Crippen molar-refractivity contribution in [3.05, 3.63) is 76.3 Å². The van der Waals surface area contributed by atoms with Gasteiger partial charge in [0.1, 0.15) is 5.60 Å². The van der Waals surface area contributed by atoms with Gasteiger partial charge in [-0.05, 0) is 56.2 Å². The van der Waals surface area contributed by atoms with Crippen LogP contribution in [0.5, 0.6) is 0 Å². The Labute approximate surface area is 163 Å². The molecule has 27 heavy (non-hydrogen) atoms. The zero-order valence-corrected chi connectivity index (χ0v) is 16.3. The third kappa shape index (κ3) is 7.02. The summed E-state index contributed by atoms with van der Waals surface area (Å²) >= 11 is 5.86. The lowest BCUT2D eigenvalue weighted by atomic mass is 10.2. The Morgan fingerprint density at radius 3 is 2.37 bits per heavy atom. The van der Waals surface area contributed by atoms with Crippen molar-refractivity contribution in [2.75, 3.05) is 6.54 Å². The van der Waals surface area contributed by atoms with E-state index in [1.165, 1.54) is 11.0 Å². The predicted octanol–water partition coefficient (Wildman–Crippen LogP) is 6.07. The molecule has 144 valence electrons. The SMILES string of the molecule is CC(C)(C)OC(=O)N(C/C=C/c1ccc(Cl)cc1)Cc1ccc(F)c(F)c1. The Morgan fingerprint density at radius 1 is 1.11 bits per heavy atom. The highest BCUT2D eigenvalue weighted by atomic mass is 35.5. The van der Waals surface area contributed by atoms with E-state index in [2.05, 4.69) is 0 Å². The van der Waals surface area contributed by atoms with Crippen molar-refractivity contribution in [2.24, 2.45) is 0 Å². The van der Waals surface area contributed by atoms with Crippen LogP contribution in [0.2, 0.25) is 5.02 Å². The number of amides is 1. The van der Waals surface area contributed by atoms with E-state index >= 15 is 0 Å². The molecule has 0 aliphatic heterocycles. The third-order valence-corrected chi connectivity index (χ3v) is 3.77. The van der Waals surface area contributed by atoms with E-state index in [0.29, 0.717) is 10.6 Å². The average Bonchev–Trinajstić information content (AvgIpc) is 2.57. The first-order valence-corrected chi connectivity index (χ1v) is 8.86. The minimum absolute atomic E-state index is 0.0943. The molecule has 0 radical (unpaired) electrons. The van der Waals surface area contributed by atoms with Crippen molar-refractivity contribution in [3.63, 3.8) is 0 Å². The minimum atomic E-state index is -0.951. The fourth-order valence-electron chi connectivity index (χ4n) is 2.28. The number of rotatable bonds is 5. The van der Waals surface area contributed by atoms with Crippen molar-refractivity contribution < 1.29 is 18.3 Å². The summed E-state index contributed by atoms with van der Waals surface area (Å²) in [7, 11) is 0. The minimum Gasteiger partial charge on any atom is -0.444 e. The van der Waals surface area contributed by atoms with Gasteiger partial charge in [-0.2, -0.15) is 0 Å². The second kappa shape index (κ2) is 9.00. The average molecular weight is 394 g/mol. The highest BCUT2D eigenvalue weighted by molar-refractivity contribution is 6.30. The molecule has 2 aromatic rings. The molecule has 0 saturated carbocycles. The Bertz CT molecular complexity index is 814. The van der Waals surface area contributed by atoms with Gasteiger partial charge in [-0.25, -0.2) is 13.6 Å². The molecule has 0 aliphatic rings. The lowest BCUT2D eigenvalue weighted by molar-refractivity contribution is 0.0256. The number of benzene rings is 2. The summed E-state index contributed by atoms with van der Waals surface area (Å²) in [5, 5.41) is 0.640.